The molecule has 0 fully saturated rings. The van der Waals surface area contributed by atoms with Gasteiger partial charge in [0, 0.05) is 19.3 Å². The number of allylic oxidation sites excluding steroid dienone is 18. The molecular formula is C62H102O6. The molecule has 0 aliphatic rings. The lowest BCUT2D eigenvalue weighted by molar-refractivity contribution is -0.167. The number of hydrogen-bond donors (Lipinski definition) is 0. The molecule has 0 saturated heterocycles. The first-order chi connectivity index (χ1) is 33.5. The summed E-state index contributed by atoms with van der Waals surface area (Å²) in [6.45, 7) is 6.42. The Kier molecular flexibility index (Phi) is 52.4. The van der Waals surface area contributed by atoms with E-state index in [4.69, 9.17) is 14.2 Å². The Morgan fingerprint density at radius 1 is 0.309 bits per heavy atom. The molecule has 0 aromatic heterocycles. The van der Waals surface area contributed by atoms with Gasteiger partial charge in [-0.2, -0.15) is 0 Å². The maximum atomic E-state index is 12.8. The zero-order valence-electron chi connectivity index (χ0n) is 44.1. The Labute approximate surface area is 419 Å². The van der Waals surface area contributed by atoms with Crippen molar-refractivity contribution in [3.05, 3.63) is 109 Å². The van der Waals surface area contributed by atoms with E-state index in [2.05, 4.69) is 130 Å². The molecule has 0 aromatic carbocycles. The van der Waals surface area contributed by atoms with Gasteiger partial charge in [0.1, 0.15) is 13.2 Å². The molecular weight excluding hydrogens is 841 g/mol. The maximum Gasteiger partial charge on any atom is 0.306 e. The van der Waals surface area contributed by atoms with Crippen molar-refractivity contribution < 1.29 is 28.6 Å². The Hall–Kier alpha value is -3.93. The quantitative estimate of drug-likeness (QED) is 0.0262. The lowest BCUT2D eigenvalue weighted by atomic mass is 10.1. The second-order valence-electron chi connectivity index (χ2n) is 18.1. The maximum absolute atomic E-state index is 12.8. The number of hydrogen-bond acceptors (Lipinski definition) is 6. The van der Waals surface area contributed by atoms with Crippen molar-refractivity contribution in [2.45, 2.75) is 252 Å². The van der Waals surface area contributed by atoms with Crippen molar-refractivity contribution >= 4 is 17.9 Å². The number of ether oxygens (including phenoxy) is 3. The molecule has 1 atom stereocenters. The van der Waals surface area contributed by atoms with Gasteiger partial charge in [-0.15, -0.1) is 0 Å². The summed E-state index contributed by atoms with van der Waals surface area (Å²) in [4.78, 5) is 38.1. The molecule has 0 radical (unpaired) electrons. The van der Waals surface area contributed by atoms with Crippen LogP contribution in [0.5, 0.6) is 0 Å². The first-order valence-corrected chi connectivity index (χ1v) is 27.9. The molecule has 68 heavy (non-hydrogen) atoms. The average molecular weight is 943 g/mol. The van der Waals surface area contributed by atoms with Gasteiger partial charge in [-0.3, -0.25) is 14.4 Å². The van der Waals surface area contributed by atoms with Gasteiger partial charge in [-0.1, -0.05) is 214 Å². The SMILES string of the molecule is CC/C=C\C/C=C\C/C=C\C/C=C\C/C=C\C/C=C\CCCCCCC(=O)OCC(COC(=O)CCCCCCC/C=C\CCCCCC)OC(=O)CCCCCCC/C=C\C/C=C\CCCC. The van der Waals surface area contributed by atoms with Crippen LogP contribution in [0.25, 0.3) is 0 Å². The molecule has 0 rings (SSSR count). The highest BCUT2D eigenvalue weighted by Crippen LogP contribution is 2.13. The minimum Gasteiger partial charge on any atom is -0.462 e. The van der Waals surface area contributed by atoms with Gasteiger partial charge in [-0.25, -0.2) is 0 Å². The minimum atomic E-state index is -0.801. The Bertz CT molecular complexity index is 1410. The molecule has 0 amide bonds. The van der Waals surface area contributed by atoms with Crippen LogP contribution in [0.1, 0.15) is 245 Å². The molecule has 386 valence electrons. The monoisotopic (exact) mass is 943 g/mol. The lowest BCUT2D eigenvalue weighted by Crippen LogP contribution is -2.30. The summed E-state index contributed by atoms with van der Waals surface area (Å²) in [7, 11) is 0. The van der Waals surface area contributed by atoms with Crippen molar-refractivity contribution in [3.8, 4) is 0 Å². The summed E-state index contributed by atoms with van der Waals surface area (Å²) < 4.78 is 16.8. The van der Waals surface area contributed by atoms with Crippen molar-refractivity contribution in [1.29, 1.82) is 0 Å². The van der Waals surface area contributed by atoms with E-state index in [9.17, 15) is 14.4 Å². The Morgan fingerprint density at radius 3 is 0.956 bits per heavy atom. The molecule has 0 aromatic rings. The van der Waals surface area contributed by atoms with Crippen molar-refractivity contribution in [2.75, 3.05) is 13.2 Å². The third-order valence-electron chi connectivity index (χ3n) is 11.5. The third-order valence-corrected chi connectivity index (χ3v) is 11.5. The van der Waals surface area contributed by atoms with Gasteiger partial charge < -0.3 is 14.2 Å². The zero-order chi connectivity index (χ0) is 49.3. The number of carbonyl (C=O) groups is 3. The third kappa shape index (κ3) is 53.0. The summed E-state index contributed by atoms with van der Waals surface area (Å²) in [6, 6.07) is 0. The van der Waals surface area contributed by atoms with Gasteiger partial charge in [0.2, 0.25) is 0 Å². The van der Waals surface area contributed by atoms with Crippen molar-refractivity contribution in [2.24, 2.45) is 0 Å². The summed E-state index contributed by atoms with van der Waals surface area (Å²) in [6.07, 6.45) is 75.0. The first kappa shape index (κ1) is 64.1. The molecule has 0 bridgehead atoms. The molecule has 6 heteroatoms. The van der Waals surface area contributed by atoms with E-state index in [1.165, 1.54) is 57.8 Å². The lowest BCUT2D eigenvalue weighted by Gasteiger charge is -2.18. The van der Waals surface area contributed by atoms with E-state index < -0.39 is 6.10 Å². The summed E-state index contributed by atoms with van der Waals surface area (Å²) in [5.41, 5.74) is 0. The van der Waals surface area contributed by atoms with Crippen molar-refractivity contribution in [1.82, 2.24) is 0 Å². The molecule has 6 nitrogen and oxygen atoms in total. The van der Waals surface area contributed by atoms with Crippen LogP contribution >= 0.6 is 0 Å². The largest absolute Gasteiger partial charge is 0.462 e. The van der Waals surface area contributed by atoms with E-state index in [0.717, 1.165) is 148 Å². The predicted molar refractivity (Wildman–Crippen MR) is 293 cm³/mol. The van der Waals surface area contributed by atoms with Crippen LogP contribution in [-0.4, -0.2) is 37.2 Å². The van der Waals surface area contributed by atoms with E-state index in [-0.39, 0.29) is 31.1 Å². The van der Waals surface area contributed by atoms with Gasteiger partial charge in [0.25, 0.3) is 0 Å². The normalized spacial score (nSPS) is 12.9. The Morgan fingerprint density at radius 2 is 0.588 bits per heavy atom. The predicted octanol–water partition coefficient (Wildman–Crippen LogP) is 18.7. The van der Waals surface area contributed by atoms with E-state index >= 15 is 0 Å². The molecule has 0 aliphatic carbocycles. The van der Waals surface area contributed by atoms with Crippen LogP contribution in [0.15, 0.2) is 109 Å². The molecule has 0 spiro atoms. The number of carbonyl (C=O) groups excluding carboxylic acids is 3. The number of esters is 3. The summed E-state index contributed by atoms with van der Waals surface area (Å²) in [5, 5.41) is 0. The second kappa shape index (κ2) is 55.7. The second-order valence-corrected chi connectivity index (χ2v) is 18.1. The van der Waals surface area contributed by atoms with E-state index in [0.29, 0.717) is 19.3 Å². The van der Waals surface area contributed by atoms with Gasteiger partial charge in [-0.05, 0) is 122 Å². The van der Waals surface area contributed by atoms with E-state index in [1.54, 1.807) is 0 Å². The van der Waals surface area contributed by atoms with E-state index in [1.807, 2.05) is 0 Å². The van der Waals surface area contributed by atoms with Crippen LogP contribution < -0.4 is 0 Å². The highest BCUT2D eigenvalue weighted by Gasteiger charge is 2.19. The Balaban J connectivity index is 4.44. The summed E-state index contributed by atoms with van der Waals surface area (Å²) >= 11 is 0. The average Bonchev–Trinajstić information content (AvgIpc) is 3.34. The van der Waals surface area contributed by atoms with Crippen molar-refractivity contribution in [3.63, 3.8) is 0 Å². The minimum absolute atomic E-state index is 0.0979. The smallest absolute Gasteiger partial charge is 0.306 e. The fourth-order valence-corrected chi connectivity index (χ4v) is 7.28. The molecule has 1 unspecified atom stereocenters. The summed E-state index contributed by atoms with van der Waals surface area (Å²) in [5.74, 6) is -0.948. The molecule has 0 N–H and O–H groups in total. The first-order valence-electron chi connectivity index (χ1n) is 27.9. The highest BCUT2D eigenvalue weighted by atomic mass is 16.6. The molecule has 0 saturated carbocycles. The number of rotatable bonds is 49. The topological polar surface area (TPSA) is 78.9 Å². The van der Waals surface area contributed by atoms with Crippen LogP contribution in [0.2, 0.25) is 0 Å². The van der Waals surface area contributed by atoms with Crippen LogP contribution in [0.4, 0.5) is 0 Å². The zero-order valence-corrected chi connectivity index (χ0v) is 44.1. The fourth-order valence-electron chi connectivity index (χ4n) is 7.28. The van der Waals surface area contributed by atoms with Gasteiger partial charge in [0.15, 0.2) is 6.10 Å². The fraction of sp³-hybridized carbons (Fsp3) is 0.661. The standard InChI is InChI=1S/C62H102O6/c1-4-7-10-13-16-19-22-25-27-28-29-30-31-32-33-34-35-38-40-43-46-49-52-55-61(64)67-58-59(57-66-60(63)54-51-48-45-42-39-36-24-21-18-15-12-9-6-3)68-62(65)56-53-50-47-44-41-37-26-23-20-17-14-11-8-5-2/h7,10,14,16-17,19,21,23-27,29-30,32-33,35,38,59H,4-6,8-9,11-13,15,18,20,22,28,31,34,36-37,39-58H2,1-3H3/b10-7-,17-14-,19-16-,24-21-,26-23-,27-25-,30-29-,33-32-,38-35-. The number of unbranched alkanes of at least 4 members (excludes halogenated alkanes) is 20. The molecule has 0 heterocycles. The van der Waals surface area contributed by atoms with Crippen LogP contribution in [0.3, 0.4) is 0 Å². The van der Waals surface area contributed by atoms with Gasteiger partial charge in [0.05, 0.1) is 0 Å². The molecule has 0 aliphatic heterocycles. The van der Waals surface area contributed by atoms with Gasteiger partial charge >= 0.3 is 17.9 Å². The van der Waals surface area contributed by atoms with Crippen LogP contribution in [-0.2, 0) is 28.6 Å². The highest BCUT2D eigenvalue weighted by molar-refractivity contribution is 5.71. The van der Waals surface area contributed by atoms with Crippen LogP contribution in [0, 0.1) is 0 Å².